The monoisotopic (exact) mass is 319 g/mol. The van der Waals surface area contributed by atoms with Gasteiger partial charge in [0.1, 0.15) is 5.75 Å². The van der Waals surface area contributed by atoms with E-state index in [-0.39, 0.29) is 6.04 Å². The van der Waals surface area contributed by atoms with Crippen LogP contribution in [0.3, 0.4) is 0 Å². The molecule has 0 bridgehead atoms. The van der Waals surface area contributed by atoms with Crippen LogP contribution in [0.4, 0.5) is 0 Å². The first-order valence-electron chi connectivity index (χ1n) is 8.48. The maximum absolute atomic E-state index is 6.03. The van der Waals surface area contributed by atoms with Crippen molar-refractivity contribution in [1.82, 2.24) is 5.32 Å². The highest BCUT2D eigenvalue weighted by Crippen LogP contribution is 2.23. The first-order chi connectivity index (χ1) is 11.2. The van der Waals surface area contributed by atoms with Gasteiger partial charge in [0.2, 0.25) is 0 Å². The standard InChI is InChI=1S/C18H29N3O2/c1-14(13-22-2)21-18(19)20-12-15-8-10-17(11-9-15)23-16-6-4-3-5-7-16/h8-11,14,16H,3-7,12-13H2,1-2H3,(H3,19,20,21). The van der Waals surface area contributed by atoms with E-state index in [1.165, 1.54) is 32.1 Å². The summed E-state index contributed by atoms with van der Waals surface area (Å²) in [6, 6.07) is 8.30. The molecule has 0 spiro atoms. The molecule has 3 N–H and O–H groups in total. The second-order valence-electron chi connectivity index (χ2n) is 6.22. The number of methoxy groups -OCH3 is 1. The van der Waals surface area contributed by atoms with E-state index >= 15 is 0 Å². The Kier molecular flexibility index (Phi) is 7.20. The minimum atomic E-state index is 0.148. The number of hydrogen-bond donors (Lipinski definition) is 2. The van der Waals surface area contributed by atoms with Gasteiger partial charge in [-0.2, -0.15) is 0 Å². The van der Waals surface area contributed by atoms with Crippen LogP contribution in [-0.4, -0.2) is 31.8 Å². The molecule has 2 rings (SSSR count). The van der Waals surface area contributed by atoms with Crippen LogP contribution in [0.2, 0.25) is 0 Å². The summed E-state index contributed by atoms with van der Waals surface area (Å²) in [4.78, 5) is 4.35. The highest BCUT2D eigenvalue weighted by atomic mass is 16.5. The molecule has 0 heterocycles. The van der Waals surface area contributed by atoms with Crippen molar-refractivity contribution in [2.24, 2.45) is 10.7 Å². The van der Waals surface area contributed by atoms with E-state index in [0.717, 1.165) is 11.3 Å². The first-order valence-corrected chi connectivity index (χ1v) is 8.48. The second-order valence-corrected chi connectivity index (χ2v) is 6.22. The molecule has 0 aromatic heterocycles. The van der Waals surface area contributed by atoms with E-state index in [9.17, 15) is 0 Å². The molecule has 1 aromatic rings. The number of guanidine groups is 1. The van der Waals surface area contributed by atoms with Gasteiger partial charge in [0.05, 0.1) is 19.3 Å². The average molecular weight is 319 g/mol. The number of ether oxygens (including phenoxy) is 2. The lowest BCUT2D eigenvalue weighted by Gasteiger charge is -2.23. The SMILES string of the molecule is COCC(C)NC(N)=NCc1ccc(OC2CCCCC2)cc1. The second kappa shape index (κ2) is 9.40. The van der Waals surface area contributed by atoms with Gasteiger partial charge >= 0.3 is 0 Å². The summed E-state index contributed by atoms with van der Waals surface area (Å²) < 4.78 is 11.1. The fourth-order valence-electron chi connectivity index (χ4n) is 2.82. The molecule has 128 valence electrons. The van der Waals surface area contributed by atoms with Crippen molar-refractivity contribution < 1.29 is 9.47 Å². The van der Waals surface area contributed by atoms with Gasteiger partial charge in [0.15, 0.2) is 5.96 Å². The molecule has 1 atom stereocenters. The van der Waals surface area contributed by atoms with Gasteiger partial charge in [-0.15, -0.1) is 0 Å². The summed E-state index contributed by atoms with van der Waals surface area (Å²) in [5, 5.41) is 3.09. The molecular weight excluding hydrogens is 290 g/mol. The van der Waals surface area contributed by atoms with E-state index in [4.69, 9.17) is 15.2 Å². The van der Waals surface area contributed by atoms with Crippen LogP contribution in [0.5, 0.6) is 5.75 Å². The Morgan fingerprint density at radius 1 is 1.26 bits per heavy atom. The number of nitrogens with one attached hydrogen (secondary N) is 1. The van der Waals surface area contributed by atoms with Gasteiger partial charge < -0.3 is 20.5 Å². The lowest BCUT2D eigenvalue weighted by molar-refractivity contribution is 0.155. The van der Waals surface area contributed by atoms with Gasteiger partial charge in [0.25, 0.3) is 0 Å². The Bertz CT molecular complexity index is 482. The molecular formula is C18H29N3O2. The third-order valence-electron chi connectivity index (χ3n) is 4.02. The summed E-state index contributed by atoms with van der Waals surface area (Å²) in [5.41, 5.74) is 6.98. The van der Waals surface area contributed by atoms with Crippen LogP contribution in [0.1, 0.15) is 44.6 Å². The van der Waals surface area contributed by atoms with Crippen molar-refractivity contribution in [2.75, 3.05) is 13.7 Å². The Hall–Kier alpha value is -1.75. The lowest BCUT2D eigenvalue weighted by atomic mass is 9.98. The molecule has 5 nitrogen and oxygen atoms in total. The number of nitrogens with zero attached hydrogens (tertiary/aromatic N) is 1. The van der Waals surface area contributed by atoms with Gasteiger partial charge in [-0.3, -0.25) is 0 Å². The Balaban J connectivity index is 1.79. The smallest absolute Gasteiger partial charge is 0.189 e. The van der Waals surface area contributed by atoms with Crippen LogP contribution in [0.25, 0.3) is 0 Å². The summed E-state index contributed by atoms with van der Waals surface area (Å²) in [5.74, 6) is 1.39. The molecule has 1 aliphatic carbocycles. The van der Waals surface area contributed by atoms with Crippen molar-refractivity contribution >= 4 is 5.96 Å². The lowest BCUT2D eigenvalue weighted by Crippen LogP contribution is -2.40. The van der Waals surface area contributed by atoms with Crippen molar-refractivity contribution in [3.05, 3.63) is 29.8 Å². The van der Waals surface area contributed by atoms with E-state index in [2.05, 4.69) is 10.3 Å². The topological polar surface area (TPSA) is 68.9 Å². The van der Waals surface area contributed by atoms with E-state index in [1.807, 2.05) is 31.2 Å². The number of hydrogen-bond acceptors (Lipinski definition) is 3. The molecule has 0 amide bonds. The van der Waals surface area contributed by atoms with Crippen LogP contribution in [-0.2, 0) is 11.3 Å². The molecule has 1 aromatic carbocycles. The predicted molar refractivity (Wildman–Crippen MR) is 93.7 cm³/mol. The van der Waals surface area contributed by atoms with Crippen molar-refractivity contribution in [2.45, 2.75) is 57.7 Å². The fraction of sp³-hybridized carbons (Fsp3) is 0.611. The van der Waals surface area contributed by atoms with E-state index in [0.29, 0.717) is 25.2 Å². The largest absolute Gasteiger partial charge is 0.490 e. The molecule has 1 fully saturated rings. The third-order valence-corrected chi connectivity index (χ3v) is 4.02. The summed E-state index contributed by atoms with van der Waals surface area (Å²) in [7, 11) is 1.67. The molecule has 1 unspecified atom stereocenters. The molecule has 1 aliphatic rings. The van der Waals surface area contributed by atoms with E-state index in [1.54, 1.807) is 7.11 Å². The van der Waals surface area contributed by atoms with Crippen LogP contribution < -0.4 is 15.8 Å². The van der Waals surface area contributed by atoms with Gasteiger partial charge in [-0.25, -0.2) is 4.99 Å². The number of rotatable bonds is 7. The van der Waals surface area contributed by atoms with Crippen molar-refractivity contribution in [3.63, 3.8) is 0 Å². The predicted octanol–water partition coefficient (Wildman–Crippen LogP) is 2.84. The Labute approximate surface area is 139 Å². The van der Waals surface area contributed by atoms with Gasteiger partial charge in [-0.05, 0) is 50.3 Å². The number of nitrogens with two attached hydrogens (primary N) is 1. The van der Waals surface area contributed by atoms with Gasteiger partial charge in [-0.1, -0.05) is 18.6 Å². The fourth-order valence-corrected chi connectivity index (χ4v) is 2.82. The Morgan fingerprint density at radius 3 is 2.61 bits per heavy atom. The van der Waals surface area contributed by atoms with Crippen LogP contribution in [0.15, 0.2) is 29.3 Å². The normalized spacial score (nSPS) is 17.7. The number of benzene rings is 1. The maximum atomic E-state index is 6.03. The molecule has 0 radical (unpaired) electrons. The van der Waals surface area contributed by atoms with Crippen molar-refractivity contribution in [1.29, 1.82) is 0 Å². The molecule has 1 saturated carbocycles. The highest BCUT2D eigenvalue weighted by molar-refractivity contribution is 5.78. The minimum Gasteiger partial charge on any atom is -0.490 e. The third kappa shape index (κ3) is 6.48. The average Bonchev–Trinajstić information content (AvgIpc) is 2.55. The highest BCUT2D eigenvalue weighted by Gasteiger charge is 2.14. The zero-order valence-corrected chi connectivity index (χ0v) is 14.3. The van der Waals surface area contributed by atoms with Crippen LogP contribution in [0, 0.1) is 0 Å². The molecule has 0 saturated heterocycles. The summed E-state index contributed by atoms with van der Waals surface area (Å²) in [6.07, 6.45) is 6.64. The quantitative estimate of drug-likeness (QED) is 0.599. The van der Waals surface area contributed by atoms with Crippen molar-refractivity contribution in [3.8, 4) is 5.75 Å². The summed E-state index contributed by atoms with van der Waals surface area (Å²) in [6.45, 7) is 3.16. The molecule has 0 aliphatic heterocycles. The zero-order chi connectivity index (χ0) is 16.5. The Morgan fingerprint density at radius 2 is 1.96 bits per heavy atom. The summed E-state index contributed by atoms with van der Waals surface area (Å²) >= 11 is 0. The maximum Gasteiger partial charge on any atom is 0.189 e. The van der Waals surface area contributed by atoms with E-state index < -0.39 is 0 Å². The minimum absolute atomic E-state index is 0.148. The van der Waals surface area contributed by atoms with Gasteiger partial charge in [0, 0.05) is 13.2 Å². The van der Waals surface area contributed by atoms with Crippen LogP contribution >= 0.6 is 0 Å². The first kappa shape index (κ1) is 17.6. The zero-order valence-electron chi connectivity index (χ0n) is 14.3. The molecule has 23 heavy (non-hydrogen) atoms. The number of aliphatic imine (C=N–C) groups is 1. The molecule has 5 heteroatoms.